The van der Waals surface area contributed by atoms with Crippen molar-refractivity contribution >= 4 is 28.4 Å². The van der Waals surface area contributed by atoms with Gasteiger partial charge in [-0.3, -0.25) is 0 Å². The number of oxazole rings is 1. The second kappa shape index (κ2) is 4.59. The van der Waals surface area contributed by atoms with Crippen LogP contribution < -0.4 is 5.32 Å². The van der Waals surface area contributed by atoms with Crippen LogP contribution in [0, 0.1) is 6.92 Å². The number of fused-ring (bicyclic) bond motifs is 1. The summed E-state index contributed by atoms with van der Waals surface area (Å²) in [6, 6.07) is 11.5. The summed E-state index contributed by atoms with van der Waals surface area (Å²) in [4.78, 5) is 4.52. The van der Waals surface area contributed by atoms with Gasteiger partial charge in [0.25, 0.3) is 0 Å². The lowest BCUT2D eigenvalue weighted by Crippen LogP contribution is -1.88. The first kappa shape index (κ1) is 12.1. The Hall–Kier alpha value is -2.00. The number of nitrogens with zero attached hydrogens (tertiary/aromatic N) is 1. The van der Waals surface area contributed by atoms with Crippen molar-refractivity contribution in [2.45, 2.75) is 6.92 Å². The molecular formula is C15H13ClN2O. The van der Waals surface area contributed by atoms with Gasteiger partial charge in [-0.1, -0.05) is 23.7 Å². The monoisotopic (exact) mass is 272 g/mol. The van der Waals surface area contributed by atoms with Gasteiger partial charge in [0.2, 0.25) is 5.89 Å². The average molecular weight is 273 g/mol. The van der Waals surface area contributed by atoms with Crippen LogP contribution >= 0.6 is 11.6 Å². The fraction of sp³-hybridized carbons (Fsp3) is 0.133. The first-order valence-corrected chi connectivity index (χ1v) is 6.40. The Kier molecular flexibility index (Phi) is 2.91. The van der Waals surface area contributed by atoms with Crippen LogP contribution in [0.25, 0.3) is 22.6 Å². The minimum absolute atomic E-state index is 0.553. The third kappa shape index (κ3) is 2.06. The molecule has 3 aromatic rings. The number of rotatable bonds is 2. The number of hydrogen-bond acceptors (Lipinski definition) is 3. The maximum Gasteiger partial charge on any atom is 0.228 e. The summed E-state index contributed by atoms with van der Waals surface area (Å²) in [7, 11) is 1.88. The normalized spacial score (nSPS) is 10.9. The zero-order chi connectivity index (χ0) is 13.4. The van der Waals surface area contributed by atoms with Crippen LogP contribution in [-0.4, -0.2) is 12.0 Å². The topological polar surface area (TPSA) is 38.1 Å². The molecule has 0 radical (unpaired) electrons. The van der Waals surface area contributed by atoms with E-state index in [2.05, 4.69) is 10.3 Å². The highest BCUT2D eigenvalue weighted by atomic mass is 35.5. The van der Waals surface area contributed by atoms with Crippen LogP contribution in [0.4, 0.5) is 5.69 Å². The number of aromatic nitrogens is 1. The summed E-state index contributed by atoms with van der Waals surface area (Å²) in [6.45, 7) is 2.00. The van der Waals surface area contributed by atoms with E-state index in [4.69, 9.17) is 16.0 Å². The van der Waals surface area contributed by atoms with Crippen LogP contribution in [0.3, 0.4) is 0 Å². The number of benzene rings is 2. The Morgan fingerprint density at radius 1 is 1.21 bits per heavy atom. The Balaban J connectivity index is 2.22. The smallest absolute Gasteiger partial charge is 0.228 e. The van der Waals surface area contributed by atoms with Gasteiger partial charge >= 0.3 is 0 Å². The van der Waals surface area contributed by atoms with Gasteiger partial charge in [-0.05, 0) is 36.8 Å². The van der Waals surface area contributed by atoms with E-state index in [0.29, 0.717) is 10.9 Å². The molecule has 3 rings (SSSR count). The van der Waals surface area contributed by atoms with Gasteiger partial charge in [-0.25, -0.2) is 4.98 Å². The van der Waals surface area contributed by atoms with Crippen LogP contribution in [0.2, 0.25) is 5.02 Å². The number of hydrogen-bond donors (Lipinski definition) is 1. The Bertz CT molecular complexity index is 749. The van der Waals surface area contributed by atoms with Crippen molar-refractivity contribution in [3.05, 3.63) is 47.0 Å². The highest BCUT2D eigenvalue weighted by molar-refractivity contribution is 6.33. The fourth-order valence-corrected chi connectivity index (χ4v) is 2.31. The van der Waals surface area contributed by atoms with Gasteiger partial charge in [-0.15, -0.1) is 0 Å². The third-order valence-corrected chi connectivity index (χ3v) is 3.40. The predicted octanol–water partition coefficient (Wildman–Crippen LogP) is 4.50. The van der Waals surface area contributed by atoms with E-state index in [1.54, 1.807) is 0 Å². The largest absolute Gasteiger partial charge is 0.436 e. The zero-order valence-corrected chi connectivity index (χ0v) is 11.5. The van der Waals surface area contributed by atoms with E-state index in [0.717, 1.165) is 27.9 Å². The van der Waals surface area contributed by atoms with Gasteiger partial charge in [0.05, 0.1) is 10.6 Å². The summed E-state index contributed by atoms with van der Waals surface area (Å²) in [6.07, 6.45) is 0. The molecule has 0 aliphatic heterocycles. The molecule has 4 heteroatoms. The summed E-state index contributed by atoms with van der Waals surface area (Å²) in [5, 5.41) is 3.75. The molecule has 0 saturated carbocycles. The van der Waals surface area contributed by atoms with Gasteiger partial charge in [0.1, 0.15) is 5.52 Å². The van der Waals surface area contributed by atoms with Crippen molar-refractivity contribution in [1.82, 2.24) is 4.98 Å². The van der Waals surface area contributed by atoms with E-state index < -0.39 is 0 Å². The summed E-state index contributed by atoms with van der Waals surface area (Å²) in [5.41, 5.74) is 4.51. The van der Waals surface area contributed by atoms with E-state index in [1.165, 1.54) is 0 Å². The molecule has 0 aliphatic carbocycles. The first-order chi connectivity index (χ1) is 9.19. The van der Waals surface area contributed by atoms with Crippen LogP contribution in [0.1, 0.15) is 5.56 Å². The molecule has 3 nitrogen and oxygen atoms in total. The molecule has 1 heterocycles. The van der Waals surface area contributed by atoms with Gasteiger partial charge in [0, 0.05) is 12.7 Å². The highest BCUT2D eigenvalue weighted by Crippen LogP contribution is 2.32. The second-order valence-electron chi connectivity index (χ2n) is 4.39. The first-order valence-electron chi connectivity index (χ1n) is 6.03. The van der Waals surface area contributed by atoms with Crippen molar-refractivity contribution in [3.63, 3.8) is 0 Å². The molecule has 0 saturated heterocycles. The van der Waals surface area contributed by atoms with Crippen LogP contribution in [0.15, 0.2) is 40.8 Å². The molecular weight excluding hydrogens is 260 g/mol. The van der Waals surface area contributed by atoms with E-state index in [1.807, 2.05) is 50.4 Å². The van der Waals surface area contributed by atoms with E-state index >= 15 is 0 Å². The minimum Gasteiger partial charge on any atom is -0.436 e. The van der Waals surface area contributed by atoms with Crippen molar-refractivity contribution in [2.24, 2.45) is 0 Å². The maximum atomic E-state index is 6.17. The Morgan fingerprint density at radius 3 is 2.74 bits per heavy atom. The van der Waals surface area contributed by atoms with Crippen molar-refractivity contribution in [2.75, 3.05) is 12.4 Å². The lowest BCUT2D eigenvalue weighted by Gasteiger charge is -2.00. The summed E-state index contributed by atoms with van der Waals surface area (Å²) >= 11 is 6.17. The Morgan fingerprint density at radius 2 is 2.00 bits per heavy atom. The van der Waals surface area contributed by atoms with Gasteiger partial charge in [-0.2, -0.15) is 0 Å². The predicted molar refractivity (Wildman–Crippen MR) is 78.7 cm³/mol. The number of nitrogens with one attached hydrogen (secondary N) is 1. The molecule has 0 bridgehead atoms. The fourth-order valence-electron chi connectivity index (χ4n) is 2.09. The SMILES string of the molecule is CNc1cc(C)c2oc(-c3ccccc3Cl)nc2c1. The lowest BCUT2D eigenvalue weighted by atomic mass is 10.2. The molecule has 0 atom stereocenters. The summed E-state index contributed by atoms with van der Waals surface area (Å²) < 4.78 is 5.84. The summed E-state index contributed by atoms with van der Waals surface area (Å²) in [5.74, 6) is 0.553. The molecule has 96 valence electrons. The molecule has 1 aromatic heterocycles. The van der Waals surface area contributed by atoms with Gasteiger partial charge < -0.3 is 9.73 Å². The molecule has 0 aliphatic rings. The number of halogens is 1. The van der Waals surface area contributed by atoms with Gasteiger partial charge in [0.15, 0.2) is 5.58 Å². The molecule has 0 fully saturated rings. The Labute approximate surface area is 116 Å². The van der Waals surface area contributed by atoms with E-state index in [9.17, 15) is 0 Å². The van der Waals surface area contributed by atoms with Crippen LogP contribution in [0.5, 0.6) is 0 Å². The molecule has 0 amide bonds. The van der Waals surface area contributed by atoms with Crippen molar-refractivity contribution in [3.8, 4) is 11.5 Å². The second-order valence-corrected chi connectivity index (χ2v) is 4.80. The van der Waals surface area contributed by atoms with E-state index in [-0.39, 0.29) is 0 Å². The minimum atomic E-state index is 0.553. The number of anilines is 1. The molecule has 1 N–H and O–H groups in total. The molecule has 2 aromatic carbocycles. The maximum absolute atomic E-state index is 6.17. The zero-order valence-electron chi connectivity index (χ0n) is 10.7. The highest BCUT2D eigenvalue weighted by Gasteiger charge is 2.13. The molecule has 0 spiro atoms. The standard InChI is InChI=1S/C15H13ClN2O/c1-9-7-10(17-2)8-13-14(9)19-15(18-13)11-5-3-4-6-12(11)16/h3-8,17H,1-2H3. The molecule has 19 heavy (non-hydrogen) atoms. The van der Waals surface area contributed by atoms with Crippen molar-refractivity contribution in [1.29, 1.82) is 0 Å². The lowest BCUT2D eigenvalue weighted by molar-refractivity contribution is 0.617. The third-order valence-electron chi connectivity index (χ3n) is 3.07. The quantitative estimate of drug-likeness (QED) is 0.746. The molecule has 0 unspecified atom stereocenters. The van der Waals surface area contributed by atoms with Crippen LogP contribution in [-0.2, 0) is 0 Å². The average Bonchev–Trinajstić information content (AvgIpc) is 2.83. The van der Waals surface area contributed by atoms with Crippen molar-refractivity contribution < 1.29 is 4.42 Å². The number of aryl methyl sites for hydroxylation is 1.